The number of ether oxygens (including phenoxy) is 1. The molecule has 0 bridgehead atoms. The van der Waals surface area contributed by atoms with Gasteiger partial charge in [0.25, 0.3) is 11.8 Å². The van der Waals surface area contributed by atoms with E-state index in [-0.39, 0.29) is 29.9 Å². The summed E-state index contributed by atoms with van der Waals surface area (Å²) in [6.07, 6.45) is 5.35. The van der Waals surface area contributed by atoms with Crippen LogP contribution in [0.25, 0.3) is 0 Å². The van der Waals surface area contributed by atoms with E-state index in [1.807, 2.05) is 0 Å². The lowest BCUT2D eigenvalue weighted by molar-refractivity contribution is -0.136. The average molecular weight is 467 g/mol. The zero-order chi connectivity index (χ0) is 23.4. The van der Waals surface area contributed by atoms with E-state index < -0.39 is 23.8 Å². The fraction of sp³-hybridized carbons (Fsp3) is 0.600. The van der Waals surface area contributed by atoms with Gasteiger partial charge in [-0.25, -0.2) is 0 Å². The van der Waals surface area contributed by atoms with Gasteiger partial charge in [-0.05, 0) is 56.0 Å². The number of nitrogens with zero attached hydrogens (tertiary/aromatic N) is 2. The summed E-state index contributed by atoms with van der Waals surface area (Å²) >= 11 is 0. The molecule has 180 valence electrons. The molecule has 2 N–H and O–H groups in total. The van der Waals surface area contributed by atoms with Crippen LogP contribution in [0.4, 0.5) is 0 Å². The molecule has 4 amide bonds. The van der Waals surface area contributed by atoms with Crippen molar-refractivity contribution < 1.29 is 23.9 Å². The Hall–Kier alpha value is -2.78. The number of carbonyl (C=O) groups is 4. The molecular formula is C25H30N4O5. The third kappa shape index (κ3) is 3.62. The zero-order valence-corrected chi connectivity index (χ0v) is 19.2. The normalized spacial score (nSPS) is 27.1. The second kappa shape index (κ2) is 8.16. The molecule has 9 heteroatoms. The maximum Gasteiger partial charge on any atom is 0.262 e. The first kappa shape index (κ1) is 21.7. The number of carbonyl (C=O) groups excluding carboxylic acids is 4. The molecule has 0 saturated carbocycles. The number of rotatable bonds is 3. The topological polar surface area (TPSA) is 108 Å². The van der Waals surface area contributed by atoms with E-state index in [4.69, 9.17) is 4.74 Å². The highest BCUT2D eigenvalue weighted by Crippen LogP contribution is 2.44. The van der Waals surface area contributed by atoms with Gasteiger partial charge in [0.15, 0.2) is 0 Å². The van der Waals surface area contributed by atoms with Crippen LogP contribution in [0.1, 0.15) is 64.8 Å². The lowest BCUT2D eigenvalue weighted by Crippen LogP contribution is -2.54. The number of hydrogen-bond donors (Lipinski definition) is 2. The number of imide groups is 2. The summed E-state index contributed by atoms with van der Waals surface area (Å²) in [5, 5.41) is 5.66. The smallest absolute Gasteiger partial charge is 0.262 e. The second-order valence-electron chi connectivity index (χ2n) is 10.4. The molecule has 1 aromatic rings. The fourth-order valence-corrected chi connectivity index (χ4v) is 6.24. The fourth-order valence-electron chi connectivity index (χ4n) is 6.24. The molecule has 6 rings (SSSR count). The van der Waals surface area contributed by atoms with Gasteiger partial charge in [0.2, 0.25) is 11.8 Å². The van der Waals surface area contributed by atoms with Gasteiger partial charge in [-0.15, -0.1) is 0 Å². The Bertz CT molecular complexity index is 1020. The highest BCUT2D eigenvalue weighted by atomic mass is 16.5. The number of fused-ring (bicyclic) bond motifs is 2. The minimum atomic E-state index is -0.948. The number of nitrogens with one attached hydrogen (secondary N) is 2. The van der Waals surface area contributed by atoms with Crippen LogP contribution < -0.4 is 15.4 Å². The Balaban J connectivity index is 1.15. The molecule has 3 saturated heterocycles. The Kier molecular flexibility index (Phi) is 5.22. The van der Waals surface area contributed by atoms with Gasteiger partial charge in [0.1, 0.15) is 17.4 Å². The van der Waals surface area contributed by atoms with Gasteiger partial charge >= 0.3 is 0 Å². The van der Waals surface area contributed by atoms with E-state index in [0.29, 0.717) is 11.3 Å². The van der Waals surface area contributed by atoms with Crippen molar-refractivity contribution in [3.63, 3.8) is 0 Å². The summed E-state index contributed by atoms with van der Waals surface area (Å²) < 4.78 is 6.46. The van der Waals surface area contributed by atoms with Crippen molar-refractivity contribution in [2.75, 3.05) is 32.7 Å². The maximum atomic E-state index is 13.1. The van der Waals surface area contributed by atoms with Crippen LogP contribution in [0, 0.1) is 5.92 Å². The lowest BCUT2D eigenvalue weighted by atomic mass is 9.86. The van der Waals surface area contributed by atoms with E-state index >= 15 is 0 Å². The molecular weight excluding hydrogens is 436 g/mol. The van der Waals surface area contributed by atoms with Gasteiger partial charge in [-0.1, -0.05) is 0 Å². The van der Waals surface area contributed by atoms with Crippen molar-refractivity contribution in [2.24, 2.45) is 5.92 Å². The standard InChI is InChI=1S/C25H30N4O5/c30-21-2-1-19(22(31)27-21)29-23(32)17-11-16-13-25(34-20(16)12-18(17)24(29)33)5-9-28(10-6-25)14-15-3-7-26-8-4-15/h11-12,15,19,26H,1-10,13-14H2,(H,27,30,31). The average Bonchev–Trinajstić information content (AvgIpc) is 3.29. The third-order valence-corrected chi connectivity index (χ3v) is 8.20. The first-order valence-corrected chi connectivity index (χ1v) is 12.4. The predicted octanol–water partition coefficient (Wildman–Crippen LogP) is 0.857. The van der Waals surface area contributed by atoms with Crippen LogP contribution in [0.15, 0.2) is 12.1 Å². The second-order valence-corrected chi connectivity index (χ2v) is 10.4. The van der Waals surface area contributed by atoms with Crippen molar-refractivity contribution in [1.82, 2.24) is 20.4 Å². The zero-order valence-electron chi connectivity index (χ0n) is 19.2. The van der Waals surface area contributed by atoms with Gasteiger partial charge in [-0.2, -0.15) is 0 Å². The van der Waals surface area contributed by atoms with E-state index in [9.17, 15) is 19.2 Å². The largest absolute Gasteiger partial charge is 0.487 e. The van der Waals surface area contributed by atoms with Gasteiger partial charge < -0.3 is 15.0 Å². The minimum Gasteiger partial charge on any atom is -0.487 e. The van der Waals surface area contributed by atoms with E-state index in [1.165, 1.54) is 12.8 Å². The van der Waals surface area contributed by atoms with Gasteiger partial charge in [0, 0.05) is 45.3 Å². The number of piperidine rings is 3. The Morgan fingerprint density at radius 3 is 2.38 bits per heavy atom. The summed E-state index contributed by atoms with van der Waals surface area (Å²) in [6, 6.07) is 2.52. The quantitative estimate of drug-likeness (QED) is 0.636. The molecule has 3 fully saturated rings. The van der Waals surface area contributed by atoms with Crippen molar-refractivity contribution in [3.8, 4) is 5.75 Å². The van der Waals surface area contributed by atoms with Crippen LogP contribution in [-0.4, -0.2) is 77.8 Å². The minimum absolute atomic E-state index is 0.112. The van der Waals surface area contributed by atoms with Crippen molar-refractivity contribution in [1.29, 1.82) is 0 Å². The molecule has 1 atom stereocenters. The van der Waals surface area contributed by atoms with E-state index in [0.717, 1.165) is 68.4 Å². The molecule has 1 aromatic carbocycles. The molecule has 0 radical (unpaired) electrons. The van der Waals surface area contributed by atoms with E-state index in [1.54, 1.807) is 12.1 Å². The molecule has 5 aliphatic rings. The van der Waals surface area contributed by atoms with Gasteiger partial charge in [-0.3, -0.25) is 29.4 Å². The van der Waals surface area contributed by atoms with Crippen molar-refractivity contribution in [2.45, 2.75) is 56.6 Å². The SMILES string of the molecule is O=C1CCC(N2C(=O)c3cc4c(cc3C2=O)OC2(CCN(CC3CCNCC3)CC2)C4)C(=O)N1. The van der Waals surface area contributed by atoms with Crippen molar-refractivity contribution in [3.05, 3.63) is 28.8 Å². The molecule has 1 spiro atoms. The molecule has 0 aromatic heterocycles. The van der Waals surface area contributed by atoms with Crippen LogP contribution in [0.3, 0.4) is 0 Å². The van der Waals surface area contributed by atoms with E-state index in [2.05, 4.69) is 15.5 Å². The highest BCUT2D eigenvalue weighted by molar-refractivity contribution is 6.23. The summed E-state index contributed by atoms with van der Waals surface area (Å²) in [7, 11) is 0. The third-order valence-electron chi connectivity index (χ3n) is 8.20. The van der Waals surface area contributed by atoms with Crippen LogP contribution in [-0.2, 0) is 16.0 Å². The molecule has 1 unspecified atom stereocenters. The molecule has 5 heterocycles. The van der Waals surface area contributed by atoms with Gasteiger partial charge in [0.05, 0.1) is 11.1 Å². The van der Waals surface area contributed by atoms with Crippen LogP contribution >= 0.6 is 0 Å². The maximum absolute atomic E-state index is 13.1. The Morgan fingerprint density at radius 1 is 0.971 bits per heavy atom. The summed E-state index contributed by atoms with van der Waals surface area (Å²) in [5.41, 5.74) is 1.31. The number of hydrogen-bond acceptors (Lipinski definition) is 7. The monoisotopic (exact) mass is 466 g/mol. The van der Waals surface area contributed by atoms with Crippen molar-refractivity contribution >= 4 is 23.6 Å². The van der Waals surface area contributed by atoms with Crippen LogP contribution in [0.2, 0.25) is 0 Å². The lowest BCUT2D eigenvalue weighted by Gasteiger charge is -2.40. The Morgan fingerprint density at radius 2 is 1.68 bits per heavy atom. The summed E-state index contributed by atoms with van der Waals surface area (Å²) in [4.78, 5) is 53.5. The number of likely N-dealkylation sites (tertiary alicyclic amines) is 1. The number of benzene rings is 1. The first-order chi connectivity index (χ1) is 16.4. The predicted molar refractivity (Wildman–Crippen MR) is 121 cm³/mol. The molecule has 34 heavy (non-hydrogen) atoms. The first-order valence-electron chi connectivity index (χ1n) is 12.4. The highest BCUT2D eigenvalue weighted by Gasteiger charge is 2.48. The van der Waals surface area contributed by atoms with Crippen LogP contribution in [0.5, 0.6) is 5.75 Å². The molecule has 9 nitrogen and oxygen atoms in total. The Labute approximate surface area is 198 Å². The number of amides is 4. The summed E-state index contributed by atoms with van der Waals surface area (Å²) in [5.74, 6) is -0.475. The molecule has 0 aliphatic carbocycles. The molecule has 5 aliphatic heterocycles. The summed E-state index contributed by atoms with van der Waals surface area (Å²) in [6.45, 7) is 5.38.